The summed E-state index contributed by atoms with van der Waals surface area (Å²) in [6.07, 6.45) is 3.24. The van der Waals surface area contributed by atoms with E-state index >= 15 is 0 Å². The molecule has 0 saturated carbocycles. The number of piperidine rings is 1. The third kappa shape index (κ3) is 7.90. The summed E-state index contributed by atoms with van der Waals surface area (Å²) in [5.41, 5.74) is 0.251. The fourth-order valence-corrected chi connectivity index (χ4v) is 5.97. The lowest BCUT2D eigenvalue weighted by atomic mass is 9.95. The molecule has 1 amide bonds. The van der Waals surface area contributed by atoms with Crippen LogP contribution < -0.4 is 20.1 Å². The van der Waals surface area contributed by atoms with Crippen LogP contribution in [0, 0.1) is 5.92 Å². The van der Waals surface area contributed by atoms with Gasteiger partial charge in [-0.25, -0.2) is 8.42 Å². The van der Waals surface area contributed by atoms with E-state index in [1.165, 1.54) is 36.4 Å². The van der Waals surface area contributed by atoms with Crippen molar-refractivity contribution in [3.05, 3.63) is 60.2 Å². The van der Waals surface area contributed by atoms with Crippen LogP contribution in [0.25, 0.3) is 0 Å². The van der Waals surface area contributed by atoms with Crippen LogP contribution in [-0.4, -0.2) is 56.1 Å². The van der Waals surface area contributed by atoms with E-state index in [4.69, 9.17) is 4.74 Å². The van der Waals surface area contributed by atoms with Crippen LogP contribution in [-0.2, 0) is 14.6 Å². The first kappa shape index (κ1) is 26.3. The SMILES string of the molecule is O=C(NC[C@@H](NS(=O)(=O)c1ccccc1)P(=O)(O)O)c1ccc(OCCC2CCNCC2)cc1. The number of ether oxygens (including phenoxy) is 1. The van der Waals surface area contributed by atoms with Crippen molar-refractivity contribution in [2.75, 3.05) is 26.2 Å². The van der Waals surface area contributed by atoms with Crippen molar-refractivity contribution in [1.29, 1.82) is 0 Å². The molecule has 0 unspecified atom stereocenters. The number of hydrogen-bond donors (Lipinski definition) is 5. The van der Waals surface area contributed by atoms with Crippen molar-refractivity contribution >= 4 is 23.5 Å². The molecule has 5 N–H and O–H groups in total. The molecule has 0 aromatic heterocycles. The summed E-state index contributed by atoms with van der Waals surface area (Å²) in [4.78, 5) is 31.5. The average molecular weight is 512 g/mol. The van der Waals surface area contributed by atoms with Crippen LogP contribution in [0.15, 0.2) is 59.5 Å². The van der Waals surface area contributed by atoms with Gasteiger partial charge in [-0.15, -0.1) is 0 Å². The molecule has 0 aliphatic carbocycles. The molecule has 0 spiro atoms. The Kier molecular flexibility index (Phi) is 9.24. The molecule has 0 radical (unpaired) electrons. The van der Waals surface area contributed by atoms with E-state index in [2.05, 4.69) is 10.6 Å². The summed E-state index contributed by atoms with van der Waals surface area (Å²) < 4.78 is 44.5. The third-order valence-electron chi connectivity index (χ3n) is 5.58. The maximum Gasteiger partial charge on any atom is 0.345 e. The Balaban J connectivity index is 1.53. The van der Waals surface area contributed by atoms with E-state index in [0.29, 0.717) is 18.3 Å². The number of sulfonamides is 1. The Labute approximate surface area is 199 Å². The van der Waals surface area contributed by atoms with Crippen molar-refractivity contribution < 1.29 is 32.3 Å². The zero-order chi connectivity index (χ0) is 24.6. The van der Waals surface area contributed by atoms with Gasteiger partial charge in [0.05, 0.1) is 11.5 Å². The molecule has 1 fully saturated rings. The van der Waals surface area contributed by atoms with Gasteiger partial charge in [0.2, 0.25) is 10.0 Å². The van der Waals surface area contributed by atoms with Gasteiger partial charge in [0.25, 0.3) is 5.91 Å². The molecule has 2 aromatic carbocycles. The molecule has 2 aromatic rings. The maximum absolute atomic E-state index is 12.5. The Morgan fingerprint density at radius 3 is 2.35 bits per heavy atom. The van der Waals surface area contributed by atoms with Gasteiger partial charge in [0.15, 0.2) is 0 Å². The minimum absolute atomic E-state index is 0.143. The summed E-state index contributed by atoms with van der Waals surface area (Å²) in [5.74, 6) is -1.15. The number of rotatable bonds is 11. The van der Waals surface area contributed by atoms with Crippen molar-refractivity contribution in [2.24, 2.45) is 5.92 Å². The molecule has 186 valence electrons. The van der Waals surface area contributed by atoms with Gasteiger partial charge in [-0.3, -0.25) is 9.36 Å². The standard InChI is InChI=1S/C22H30N3O7PS/c26-22(18-6-8-19(9-7-18)32-15-12-17-10-13-23-14-11-17)24-16-21(33(27,28)29)25-34(30,31)20-4-2-1-3-5-20/h1-9,17,21,23,25H,10-16H2,(H,24,26)(H2,27,28,29)/t21-/m0/s1. The Morgan fingerprint density at radius 1 is 1.09 bits per heavy atom. The largest absolute Gasteiger partial charge is 0.494 e. The molecule has 1 aliphatic heterocycles. The van der Waals surface area contributed by atoms with E-state index in [0.717, 1.165) is 32.4 Å². The highest BCUT2D eigenvalue weighted by molar-refractivity contribution is 7.89. The lowest BCUT2D eigenvalue weighted by Gasteiger charge is -2.22. The van der Waals surface area contributed by atoms with Gasteiger partial charge >= 0.3 is 7.60 Å². The maximum atomic E-state index is 12.5. The lowest BCUT2D eigenvalue weighted by Crippen LogP contribution is -2.43. The van der Waals surface area contributed by atoms with Crippen LogP contribution in [0.4, 0.5) is 0 Å². The number of amides is 1. The summed E-state index contributed by atoms with van der Waals surface area (Å²) >= 11 is 0. The summed E-state index contributed by atoms with van der Waals surface area (Å²) in [5, 5.41) is 5.71. The summed E-state index contributed by atoms with van der Waals surface area (Å²) in [6.45, 7) is 2.06. The number of carbonyl (C=O) groups is 1. The molecular weight excluding hydrogens is 481 g/mol. The second-order valence-electron chi connectivity index (χ2n) is 8.10. The molecule has 1 heterocycles. The molecule has 34 heavy (non-hydrogen) atoms. The average Bonchev–Trinajstić information content (AvgIpc) is 2.82. The van der Waals surface area contributed by atoms with Crippen molar-refractivity contribution in [3.8, 4) is 5.75 Å². The van der Waals surface area contributed by atoms with Gasteiger partial charge in [0, 0.05) is 12.1 Å². The van der Waals surface area contributed by atoms with Crippen molar-refractivity contribution in [2.45, 2.75) is 29.9 Å². The van der Waals surface area contributed by atoms with Crippen LogP contribution in [0.1, 0.15) is 29.6 Å². The lowest BCUT2D eigenvalue weighted by molar-refractivity contribution is 0.0952. The Hall–Kier alpha value is -2.27. The van der Waals surface area contributed by atoms with Crippen molar-refractivity contribution in [3.63, 3.8) is 0 Å². The quantitative estimate of drug-likeness (QED) is 0.286. The first-order valence-corrected chi connectivity index (χ1v) is 14.2. The second-order valence-corrected chi connectivity index (χ2v) is 11.6. The van der Waals surface area contributed by atoms with E-state index in [1.807, 2.05) is 4.72 Å². The minimum atomic E-state index is -4.90. The summed E-state index contributed by atoms with van der Waals surface area (Å²) in [7, 11) is -9.09. The van der Waals surface area contributed by atoms with Gasteiger partial charge in [-0.2, -0.15) is 4.72 Å². The van der Waals surface area contributed by atoms with E-state index in [-0.39, 0.29) is 10.5 Å². The zero-order valence-electron chi connectivity index (χ0n) is 18.6. The number of benzene rings is 2. The molecule has 0 bridgehead atoms. The molecule has 1 saturated heterocycles. The number of carbonyl (C=O) groups excluding carboxylic acids is 1. The summed E-state index contributed by atoms with van der Waals surface area (Å²) in [6, 6.07) is 13.6. The fraction of sp³-hybridized carbons (Fsp3) is 0.409. The Bertz CT molecular complexity index is 1090. The van der Waals surface area contributed by atoms with Crippen LogP contribution in [0.2, 0.25) is 0 Å². The molecule has 1 atom stereocenters. The molecule has 12 heteroatoms. The molecule has 3 rings (SSSR count). The van der Waals surface area contributed by atoms with Crippen LogP contribution >= 0.6 is 7.60 Å². The van der Waals surface area contributed by atoms with E-state index in [1.54, 1.807) is 18.2 Å². The highest BCUT2D eigenvalue weighted by Crippen LogP contribution is 2.40. The topological polar surface area (TPSA) is 154 Å². The predicted molar refractivity (Wildman–Crippen MR) is 127 cm³/mol. The normalized spacial score (nSPS) is 16.1. The fourth-order valence-electron chi connectivity index (χ4n) is 3.58. The van der Waals surface area contributed by atoms with Gasteiger partial charge in [0.1, 0.15) is 11.5 Å². The number of hydrogen-bond acceptors (Lipinski definition) is 6. The van der Waals surface area contributed by atoms with E-state index < -0.39 is 35.9 Å². The predicted octanol–water partition coefficient (Wildman–Crippen LogP) is 1.67. The van der Waals surface area contributed by atoms with Crippen LogP contribution in [0.5, 0.6) is 5.75 Å². The molecule has 1 aliphatic rings. The van der Waals surface area contributed by atoms with Crippen LogP contribution in [0.3, 0.4) is 0 Å². The zero-order valence-corrected chi connectivity index (χ0v) is 20.3. The van der Waals surface area contributed by atoms with Gasteiger partial charge < -0.3 is 25.2 Å². The highest BCUT2D eigenvalue weighted by Gasteiger charge is 2.33. The first-order valence-electron chi connectivity index (χ1n) is 11.0. The smallest absolute Gasteiger partial charge is 0.345 e. The first-order chi connectivity index (χ1) is 16.1. The molecule has 10 nitrogen and oxygen atoms in total. The Morgan fingerprint density at radius 2 is 1.74 bits per heavy atom. The third-order valence-corrected chi connectivity index (χ3v) is 8.36. The number of nitrogens with one attached hydrogen (secondary N) is 3. The second kappa shape index (κ2) is 11.9. The molecular formula is C22H30N3O7PS. The van der Waals surface area contributed by atoms with Gasteiger partial charge in [-0.05, 0) is 74.7 Å². The van der Waals surface area contributed by atoms with Crippen molar-refractivity contribution in [1.82, 2.24) is 15.4 Å². The monoisotopic (exact) mass is 511 g/mol. The highest BCUT2D eigenvalue weighted by atomic mass is 32.2. The minimum Gasteiger partial charge on any atom is -0.494 e. The van der Waals surface area contributed by atoms with E-state index in [9.17, 15) is 27.6 Å². The van der Waals surface area contributed by atoms with Gasteiger partial charge in [-0.1, -0.05) is 18.2 Å².